The molecule has 2 N–H and O–H groups in total. The van der Waals surface area contributed by atoms with E-state index in [1.807, 2.05) is 25.1 Å². The zero-order valence-electron chi connectivity index (χ0n) is 10.8. The van der Waals surface area contributed by atoms with E-state index in [2.05, 4.69) is 27.6 Å². The van der Waals surface area contributed by atoms with Crippen LogP contribution in [0.25, 0.3) is 0 Å². The van der Waals surface area contributed by atoms with Gasteiger partial charge in [-0.05, 0) is 12.5 Å². The van der Waals surface area contributed by atoms with Crippen molar-refractivity contribution >= 4 is 17.7 Å². The van der Waals surface area contributed by atoms with E-state index in [0.29, 0.717) is 12.3 Å². The molecule has 5 heteroatoms. The average Bonchev–Trinajstić information content (AvgIpc) is 2.83. The molecule has 19 heavy (non-hydrogen) atoms. The van der Waals surface area contributed by atoms with Crippen molar-refractivity contribution in [3.63, 3.8) is 0 Å². The number of rotatable bonds is 6. The van der Waals surface area contributed by atoms with Crippen molar-refractivity contribution in [2.45, 2.75) is 19.2 Å². The molecule has 0 aliphatic rings. The number of thioether (sulfide) groups is 1. The normalized spacial score (nSPS) is 10.4. The first-order chi connectivity index (χ1) is 9.25. The Kier molecular flexibility index (Phi) is 5.03. The van der Waals surface area contributed by atoms with Crippen LogP contribution in [0.1, 0.15) is 16.8 Å². The van der Waals surface area contributed by atoms with E-state index in [9.17, 15) is 4.79 Å². The number of aromatic amines is 1. The number of aryl methyl sites for hydroxylation is 1. The van der Waals surface area contributed by atoms with Gasteiger partial charge in [0.2, 0.25) is 5.91 Å². The topological polar surface area (TPSA) is 57.8 Å². The number of H-pyrrole nitrogens is 1. The van der Waals surface area contributed by atoms with Gasteiger partial charge in [0, 0.05) is 23.6 Å². The van der Waals surface area contributed by atoms with Crippen LogP contribution in [0.3, 0.4) is 0 Å². The fraction of sp³-hybridized carbons (Fsp3) is 0.286. The van der Waals surface area contributed by atoms with Crippen LogP contribution in [0.2, 0.25) is 0 Å². The van der Waals surface area contributed by atoms with Gasteiger partial charge in [0.15, 0.2) is 0 Å². The Morgan fingerprint density at radius 3 is 2.84 bits per heavy atom. The number of aromatic nitrogens is 2. The van der Waals surface area contributed by atoms with Crippen LogP contribution in [0.15, 0.2) is 36.5 Å². The van der Waals surface area contributed by atoms with Gasteiger partial charge in [-0.2, -0.15) is 5.10 Å². The lowest BCUT2D eigenvalue weighted by molar-refractivity contribution is -0.118. The highest BCUT2D eigenvalue weighted by Crippen LogP contribution is 2.11. The van der Waals surface area contributed by atoms with Crippen molar-refractivity contribution in [3.05, 3.63) is 53.3 Å². The van der Waals surface area contributed by atoms with Crippen LogP contribution in [0.5, 0.6) is 0 Å². The lowest BCUT2D eigenvalue weighted by Gasteiger charge is -2.04. The molecule has 0 aliphatic carbocycles. The minimum absolute atomic E-state index is 0.0570. The molecule has 1 aromatic carbocycles. The number of amides is 1. The Morgan fingerprint density at radius 2 is 2.16 bits per heavy atom. The summed E-state index contributed by atoms with van der Waals surface area (Å²) in [5.41, 5.74) is 3.27. The second-order valence-corrected chi connectivity index (χ2v) is 5.26. The molecule has 0 saturated heterocycles. The van der Waals surface area contributed by atoms with Gasteiger partial charge in [-0.1, -0.05) is 30.3 Å². The number of carbonyl (C=O) groups excluding carboxylic acids is 1. The number of nitrogens with one attached hydrogen (secondary N) is 2. The Labute approximate surface area is 117 Å². The van der Waals surface area contributed by atoms with Crippen molar-refractivity contribution in [1.82, 2.24) is 15.5 Å². The lowest BCUT2D eigenvalue weighted by Crippen LogP contribution is -2.24. The molecular weight excluding hydrogens is 258 g/mol. The fourth-order valence-corrected chi connectivity index (χ4v) is 2.45. The number of hydrogen-bond acceptors (Lipinski definition) is 3. The van der Waals surface area contributed by atoms with Crippen LogP contribution in [0.4, 0.5) is 0 Å². The predicted octanol–water partition coefficient (Wildman–Crippen LogP) is 2.27. The highest BCUT2D eigenvalue weighted by molar-refractivity contribution is 7.99. The van der Waals surface area contributed by atoms with E-state index in [1.165, 1.54) is 5.56 Å². The van der Waals surface area contributed by atoms with E-state index in [1.54, 1.807) is 18.0 Å². The molecule has 2 aromatic rings. The third-order valence-electron chi connectivity index (χ3n) is 2.76. The smallest absolute Gasteiger partial charge is 0.230 e. The molecule has 2 rings (SSSR count). The molecule has 0 unspecified atom stereocenters. The standard InChI is InChI=1S/C14H17N3OS/c1-11-13(8-16-17-11)7-15-14(18)10-19-9-12-5-3-2-4-6-12/h2-6,8H,7,9-10H2,1H3,(H,15,18)(H,16,17). The highest BCUT2D eigenvalue weighted by atomic mass is 32.2. The minimum Gasteiger partial charge on any atom is -0.351 e. The molecule has 0 aliphatic heterocycles. The molecule has 0 fully saturated rings. The van der Waals surface area contributed by atoms with Crippen LogP contribution < -0.4 is 5.32 Å². The third kappa shape index (κ3) is 4.44. The van der Waals surface area contributed by atoms with E-state index < -0.39 is 0 Å². The summed E-state index contributed by atoms with van der Waals surface area (Å²) in [6, 6.07) is 10.2. The number of carbonyl (C=O) groups is 1. The summed E-state index contributed by atoms with van der Waals surface area (Å²) in [5, 5.41) is 9.66. The Morgan fingerprint density at radius 1 is 1.37 bits per heavy atom. The Bertz CT molecular complexity index is 524. The quantitative estimate of drug-likeness (QED) is 0.850. The summed E-state index contributed by atoms with van der Waals surface area (Å²) in [4.78, 5) is 11.7. The Balaban J connectivity index is 1.66. The molecule has 0 atom stereocenters. The number of nitrogens with zero attached hydrogens (tertiary/aromatic N) is 1. The van der Waals surface area contributed by atoms with Crippen LogP contribution >= 0.6 is 11.8 Å². The van der Waals surface area contributed by atoms with E-state index in [0.717, 1.165) is 17.0 Å². The van der Waals surface area contributed by atoms with Crippen LogP contribution in [-0.4, -0.2) is 21.9 Å². The number of benzene rings is 1. The molecule has 1 aromatic heterocycles. The summed E-state index contributed by atoms with van der Waals surface area (Å²) in [7, 11) is 0. The van der Waals surface area contributed by atoms with Crippen molar-refractivity contribution in [2.75, 3.05) is 5.75 Å². The van der Waals surface area contributed by atoms with Crippen LogP contribution in [0, 0.1) is 6.92 Å². The maximum absolute atomic E-state index is 11.7. The first kappa shape index (κ1) is 13.7. The SMILES string of the molecule is Cc1[nH]ncc1CNC(=O)CSCc1ccccc1. The summed E-state index contributed by atoms with van der Waals surface area (Å²) in [6.07, 6.45) is 1.74. The second-order valence-electron chi connectivity index (χ2n) is 4.28. The zero-order chi connectivity index (χ0) is 13.5. The molecule has 4 nitrogen and oxygen atoms in total. The predicted molar refractivity (Wildman–Crippen MR) is 77.8 cm³/mol. The minimum atomic E-state index is 0.0570. The first-order valence-electron chi connectivity index (χ1n) is 6.13. The van der Waals surface area contributed by atoms with Crippen molar-refractivity contribution in [1.29, 1.82) is 0 Å². The van der Waals surface area contributed by atoms with Gasteiger partial charge in [0.05, 0.1) is 11.9 Å². The summed E-state index contributed by atoms with van der Waals surface area (Å²) in [6.45, 7) is 2.48. The van der Waals surface area contributed by atoms with Crippen LogP contribution in [-0.2, 0) is 17.1 Å². The third-order valence-corrected chi connectivity index (χ3v) is 3.76. The van der Waals surface area contributed by atoms with Crippen molar-refractivity contribution in [3.8, 4) is 0 Å². The van der Waals surface area contributed by atoms with E-state index in [4.69, 9.17) is 0 Å². The molecule has 0 bridgehead atoms. The maximum atomic E-state index is 11.7. The zero-order valence-corrected chi connectivity index (χ0v) is 11.7. The fourth-order valence-electron chi connectivity index (χ4n) is 1.63. The molecule has 1 amide bonds. The monoisotopic (exact) mass is 275 g/mol. The molecule has 0 spiro atoms. The Hall–Kier alpha value is -1.75. The largest absolute Gasteiger partial charge is 0.351 e. The van der Waals surface area contributed by atoms with Crippen molar-refractivity contribution in [2.24, 2.45) is 0 Å². The second kappa shape index (κ2) is 6.99. The van der Waals surface area contributed by atoms with Gasteiger partial charge < -0.3 is 5.32 Å². The van der Waals surface area contributed by atoms with E-state index >= 15 is 0 Å². The molecular formula is C14H17N3OS. The van der Waals surface area contributed by atoms with Gasteiger partial charge >= 0.3 is 0 Å². The first-order valence-corrected chi connectivity index (χ1v) is 7.28. The van der Waals surface area contributed by atoms with Gasteiger partial charge in [0.1, 0.15) is 0 Å². The number of hydrogen-bond donors (Lipinski definition) is 2. The molecule has 0 saturated carbocycles. The highest BCUT2D eigenvalue weighted by Gasteiger charge is 2.04. The maximum Gasteiger partial charge on any atom is 0.230 e. The van der Waals surface area contributed by atoms with Crippen molar-refractivity contribution < 1.29 is 4.79 Å². The van der Waals surface area contributed by atoms with Gasteiger partial charge in [-0.15, -0.1) is 11.8 Å². The molecule has 100 valence electrons. The summed E-state index contributed by atoms with van der Waals surface area (Å²) in [5.74, 6) is 1.40. The molecule has 1 heterocycles. The lowest BCUT2D eigenvalue weighted by atomic mass is 10.2. The van der Waals surface area contributed by atoms with E-state index in [-0.39, 0.29) is 5.91 Å². The van der Waals surface area contributed by atoms with Gasteiger partial charge in [0.25, 0.3) is 0 Å². The van der Waals surface area contributed by atoms with Gasteiger partial charge in [-0.3, -0.25) is 9.89 Å². The summed E-state index contributed by atoms with van der Waals surface area (Å²) >= 11 is 1.62. The average molecular weight is 275 g/mol. The van der Waals surface area contributed by atoms with Gasteiger partial charge in [-0.25, -0.2) is 0 Å². The summed E-state index contributed by atoms with van der Waals surface area (Å²) < 4.78 is 0. The molecule has 0 radical (unpaired) electrons.